The van der Waals surface area contributed by atoms with Crippen molar-refractivity contribution in [1.82, 2.24) is 14.6 Å². The minimum absolute atomic E-state index is 0.182. The first kappa shape index (κ1) is 14.2. The number of aromatic hydroxyl groups is 1. The summed E-state index contributed by atoms with van der Waals surface area (Å²) in [7, 11) is 0. The molecule has 2 heterocycles. The summed E-state index contributed by atoms with van der Waals surface area (Å²) in [5.41, 5.74) is 2.49. The summed E-state index contributed by atoms with van der Waals surface area (Å²) in [4.78, 5) is 20.4. The van der Waals surface area contributed by atoms with Gasteiger partial charge < -0.3 is 10.1 Å². The van der Waals surface area contributed by atoms with E-state index in [2.05, 4.69) is 15.1 Å². The van der Waals surface area contributed by atoms with Gasteiger partial charge in [0.05, 0.1) is 6.21 Å². The molecule has 0 aliphatic heterocycles. The van der Waals surface area contributed by atoms with E-state index in [0.29, 0.717) is 16.9 Å². The highest BCUT2D eigenvalue weighted by atomic mass is 16.3. The van der Waals surface area contributed by atoms with Crippen LogP contribution in [0.1, 0.15) is 11.4 Å². The number of nitrogens with one attached hydrogen (secondary N) is 1. The number of nitrogens with zero attached hydrogens (tertiary/aromatic N) is 3. The lowest BCUT2D eigenvalue weighted by atomic mass is 10.2. The van der Waals surface area contributed by atoms with Crippen LogP contribution in [0.25, 0.3) is 21.9 Å². The Morgan fingerprint density at radius 1 is 1.17 bits per heavy atom. The first-order chi connectivity index (χ1) is 11.6. The van der Waals surface area contributed by atoms with Gasteiger partial charge in [0, 0.05) is 10.9 Å². The molecule has 0 spiro atoms. The van der Waals surface area contributed by atoms with Gasteiger partial charge in [0.25, 0.3) is 5.56 Å². The monoisotopic (exact) mass is 318 g/mol. The minimum atomic E-state index is -0.247. The van der Waals surface area contributed by atoms with E-state index in [1.807, 2.05) is 24.3 Å². The summed E-state index contributed by atoms with van der Waals surface area (Å²) < 4.78 is 1.27. The van der Waals surface area contributed by atoms with Crippen LogP contribution >= 0.6 is 0 Å². The number of benzene rings is 2. The number of H-pyrrole nitrogens is 1. The van der Waals surface area contributed by atoms with Gasteiger partial charge in [-0.3, -0.25) is 4.79 Å². The Kier molecular flexibility index (Phi) is 3.16. The van der Waals surface area contributed by atoms with Crippen molar-refractivity contribution < 1.29 is 5.11 Å². The molecule has 2 aromatic carbocycles. The van der Waals surface area contributed by atoms with Crippen LogP contribution < -0.4 is 5.56 Å². The highest BCUT2D eigenvalue weighted by Crippen LogP contribution is 2.21. The quantitative estimate of drug-likeness (QED) is 0.557. The fourth-order valence-electron chi connectivity index (χ4n) is 2.68. The minimum Gasteiger partial charge on any atom is -0.508 e. The Bertz CT molecular complexity index is 1140. The number of aromatic nitrogens is 3. The summed E-state index contributed by atoms with van der Waals surface area (Å²) in [6.45, 7) is 1.75. The van der Waals surface area contributed by atoms with E-state index in [-0.39, 0.29) is 11.3 Å². The van der Waals surface area contributed by atoms with Crippen molar-refractivity contribution in [3.63, 3.8) is 0 Å². The van der Waals surface area contributed by atoms with Crippen LogP contribution in [0.15, 0.2) is 58.4 Å². The highest BCUT2D eigenvalue weighted by molar-refractivity contribution is 6.04. The molecule has 0 fully saturated rings. The number of hydrogen-bond donors (Lipinski definition) is 2. The van der Waals surface area contributed by atoms with Crippen molar-refractivity contribution >= 4 is 28.2 Å². The molecule has 0 amide bonds. The Morgan fingerprint density at radius 3 is 2.71 bits per heavy atom. The van der Waals surface area contributed by atoms with Gasteiger partial charge in [-0.05, 0) is 42.8 Å². The molecule has 6 nitrogen and oxygen atoms in total. The van der Waals surface area contributed by atoms with Gasteiger partial charge in [-0.15, -0.1) is 0 Å². The molecule has 0 saturated carbocycles. The zero-order chi connectivity index (χ0) is 16.7. The van der Waals surface area contributed by atoms with Crippen molar-refractivity contribution in [2.75, 3.05) is 0 Å². The summed E-state index contributed by atoms with van der Waals surface area (Å²) in [5, 5.41) is 14.5. The van der Waals surface area contributed by atoms with Crippen LogP contribution in [0.3, 0.4) is 0 Å². The van der Waals surface area contributed by atoms with Gasteiger partial charge in [0.1, 0.15) is 22.6 Å². The smallest absolute Gasteiger partial charge is 0.298 e. The summed E-state index contributed by atoms with van der Waals surface area (Å²) in [6.07, 6.45) is 1.56. The fraction of sp³-hybridized carbons (Fsp3) is 0.0556. The van der Waals surface area contributed by atoms with Crippen molar-refractivity contribution in [2.24, 2.45) is 5.10 Å². The van der Waals surface area contributed by atoms with E-state index < -0.39 is 0 Å². The number of phenols is 1. The average molecular weight is 318 g/mol. The lowest BCUT2D eigenvalue weighted by Crippen LogP contribution is -2.20. The Balaban J connectivity index is 1.88. The predicted molar refractivity (Wildman–Crippen MR) is 93.7 cm³/mol. The molecule has 0 atom stereocenters. The Morgan fingerprint density at radius 2 is 1.92 bits per heavy atom. The molecule has 2 aromatic heterocycles. The molecule has 0 radical (unpaired) electrons. The average Bonchev–Trinajstić information content (AvgIpc) is 2.95. The normalized spacial score (nSPS) is 11.7. The van der Waals surface area contributed by atoms with E-state index in [1.165, 1.54) is 4.68 Å². The molecule has 6 heteroatoms. The van der Waals surface area contributed by atoms with Crippen LogP contribution in [0.5, 0.6) is 5.75 Å². The Labute approximate surface area is 136 Å². The molecule has 0 saturated heterocycles. The second kappa shape index (κ2) is 5.34. The molecular formula is C18H14N4O2. The molecule has 0 unspecified atom stereocenters. The molecule has 4 aromatic rings. The topological polar surface area (TPSA) is 83.3 Å². The van der Waals surface area contributed by atoms with Gasteiger partial charge in [0.15, 0.2) is 0 Å². The van der Waals surface area contributed by atoms with Crippen molar-refractivity contribution in [2.45, 2.75) is 6.92 Å². The van der Waals surface area contributed by atoms with Crippen LogP contribution in [0.2, 0.25) is 0 Å². The fourth-order valence-corrected chi connectivity index (χ4v) is 2.68. The predicted octanol–water partition coefficient (Wildman–Crippen LogP) is 2.77. The molecular weight excluding hydrogens is 304 g/mol. The van der Waals surface area contributed by atoms with E-state index >= 15 is 0 Å². The number of fused-ring (bicyclic) bond motifs is 3. The third-order valence-corrected chi connectivity index (χ3v) is 3.88. The van der Waals surface area contributed by atoms with Crippen LogP contribution in [-0.4, -0.2) is 26.0 Å². The van der Waals surface area contributed by atoms with E-state index in [9.17, 15) is 9.90 Å². The van der Waals surface area contributed by atoms with Gasteiger partial charge in [-0.1, -0.05) is 18.2 Å². The second-order valence-corrected chi connectivity index (χ2v) is 5.51. The maximum Gasteiger partial charge on any atom is 0.298 e. The lowest BCUT2D eigenvalue weighted by Gasteiger charge is -2.03. The van der Waals surface area contributed by atoms with Crippen molar-refractivity contribution in [3.05, 3.63) is 70.3 Å². The van der Waals surface area contributed by atoms with Crippen LogP contribution in [0.4, 0.5) is 0 Å². The maximum atomic E-state index is 12.7. The van der Waals surface area contributed by atoms with Crippen LogP contribution in [0, 0.1) is 6.92 Å². The third kappa shape index (κ3) is 2.25. The molecule has 118 valence electrons. The standard InChI is InChI=1S/C18H14N4O2/c1-11-20-16-14-4-2-3-5-15(14)21-17(16)18(24)22(11)19-10-12-6-8-13(23)9-7-12/h2-10,21,23H,1H3/b19-10-. The summed E-state index contributed by atoms with van der Waals surface area (Å²) in [5.74, 6) is 0.689. The molecule has 0 aliphatic carbocycles. The van der Waals surface area contributed by atoms with E-state index in [0.717, 1.165) is 16.5 Å². The lowest BCUT2D eigenvalue weighted by molar-refractivity contribution is 0.475. The zero-order valence-electron chi connectivity index (χ0n) is 12.9. The van der Waals surface area contributed by atoms with Crippen LogP contribution in [-0.2, 0) is 0 Å². The number of para-hydroxylation sites is 1. The first-order valence-corrected chi connectivity index (χ1v) is 7.47. The van der Waals surface area contributed by atoms with Gasteiger partial charge in [-0.25, -0.2) is 4.98 Å². The molecule has 24 heavy (non-hydrogen) atoms. The number of hydrogen-bond acceptors (Lipinski definition) is 4. The SMILES string of the molecule is Cc1nc2c([nH]c3ccccc32)c(=O)n1/N=C\c1ccc(O)cc1. The van der Waals surface area contributed by atoms with Gasteiger partial charge in [0.2, 0.25) is 0 Å². The first-order valence-electron chi connectivity index (χ1n) is 7.47. The Hall–Kier alpha value is -3.41. The molecule has 4 rings (SSSR count). The molecule has 0 aliphatic rings. The van der Waals surface area contributed by atoms with Gasteiger partial charge >= 0.3 is 0 Å². The third-order valence-electron chi connectivity index (χ3n) is 3.88. The second-order valence-electron chi connectivity index (χ2n) is 5.51. The number of rotatable bonds is 2. The van der Waals surface area contributed by atoms with Crippen molar-refractivity contribution in [3.8, 4) is 5.75 Å². The zero-order valence-corrected chi connectivity index (χ0v) is 12.9. The summed E-state index contributed by atoms with van der Waals surface area (Å²) in [6, 6.07) is 14.2. The van der Waals surface area contributed by atoms with E-state index in [1.54, 1.807) is 37.4 Å². The summed E-state index contributed by atoms with van der Waals surface area (Å²) >= 11 is 0. The number of aryl methyl sites for hydroxylation is 1. The maximum absolute atomic E-state index is 12.7. The number of phenolic OH excluding ortho intramolecular Hbond substituents is 1. The van der Waals surface area contributed by atoms with E-state index in [4.69, 9.17) is 0 Å². The molecule has 0 bridgehead atoms. The number of aromatic amines is 1. The highest BCUT2D eigenvalue weighted by Gasteiger charge is 2.12. The van der Waals surface area contributed by atoms with Gasteiger partial charge in [-0.2, -0.15) is 9.78 Å². The largest absolute Gasteiger partial charge is 0.508 e. The molecule has 2 N–H and O–H groups in total. The van der Waals surface area contributed by atoms with Crippen molar-refractivity contribution in [1.29, 1.82) is 0 Å².